The Morgan fingerprint density at radius 2 is 1.82 bits per heavy atom. The van der Waals surface area contributed by atoms with E-state index in [1.54, 1.807) is 18.2 Å². The Kier molecular flexibility index (Phi) is 7.98. The lowest BCUT2D eigenvalue weighted by molar-refractivity contribution is 0.202. The number of rotatable bonds is 10. The minimum absolute atomic E-state index is 0.137. The van der Waals surface area contributed by atoms with Crippen LogP contribution in [0.15, 0.2) is 53.3 Å². The summed E-state index contributed by atoms with van der Waals surface area (Å²) >= 11 is 0. The van der Waals surface area contributed by atoms with Crippen LogP contribution in [-0.4, -0.2) is 29.4 Å². The number of unbranched alkanes of at least 4 members (excludes halogenated alkanes) is 1. The summed E-state index contributed by atoms with van der Waals surface area (Å²) in [4.78, 5) is 26.4. The van der Waals surface area contributed by atoms with Gasteiger partial charge in [-0.1, -0.05) is 57.5 Å². The van der Waals surface area contributed by atoms with Gasteiger partial charge in [-0.25, -0.2) is 4.79 Å². The molecular formula is C26H32N2O5. The SMILES string of the molecule is CCCCOc1c(N(C)C(=O)O)n(CC(C)C)c(=O)c2ccc(OCc3ccccc3)cc12. The van der Waals surface area contributed by atoms with Gasteiger partial charge in [-0.15, -0.1) is 0 Å². The van der Waals surface area contributed by atoms with Crippen molar-refractivity contribution in [1.82, 2.24) is 4.57 Å². The van der Waals surface area contributed by atoms with Crippen LogP contribution in [0.2, 0.25) is 0 Å². The lowest BCUT2D eigenvalue weighted by Gasteiger charge is -2.25. The molecule has 0 aliphatic rings. The molecule has 7 nitrogen and oxygen atoms in total. The average Bonchev–Trinajstić information content (AvgIpc) is 2.80. The molecule has 1 amide bonds. The number of pyridine rings is 1. The number of carbonyl (C=O) groups is 1. The summed E-state index contributed by atoms with van der Waals surface area (Å²) in [7, 11) is 1.43. The molecule has 0 unspecified atom stereocenters. The molecule has 0 aliphatic carbocycles. The Hall–Kier alpha value is -3.48. The summed E-state index contributed by atoms with van der Waals surface area (Å²) < 4.78 is 13.6. The van der Waals surface area contributed by atoms with Crippen LogP contribution in [-0.2, 0) is 13.2 Å². The van der Waals surface area contributed by atoms with E-state index < -0.39 is 6.09 Å². The highest BCUT2D eigenvalue weighted by Gasteiger charge is 2.25. The number of hydrogen-bond donors (Lipinski definition) is 1. The van der Waals surface area contributed by atoms with E-state index >= 15 is 0 Å². The molecular weight excluding hydrogens is 420 g/mol. The van der Waals surface area contributed by atoms with Crippen molar-refractivity contribution in [3.05, 3.63) is 64.4 Å². The smallest absolute Gasteiger partial charge is 0.412 e. The Balaban J connectivity index is 2.17. The number of anilines is 1. The standard InChI is InChI=1S/C26H32N2O5/c1-5-6-14-32-23-22-15-20(33-17-19-10-8-7-9-11-19)12-13-21(22)25(29)28(16-18(2)3)24(23)27(4)26(30)31/h7-13,15,18H,5-6,14,16-17H2,1-4H3,(H,30,31). The molecule has 0 saturated carbocycles. The molecule has 0 radical (unpaired) electrons. The molecule has 176 valence electrons. The second-order valence-electron chi connectivity index (χ2n) is 8.49. The minimum Gasteiger partial charge on any atom is -0.489 e. The van der Waals surface area contributed by atoms with Gasteiger partial charge >= 0.3 is 6.09 Å². The fraction of sp³-hybridized carbons (Fsp3) is 0.385. The number of benzene rings is 2. The lowest BCUT2D eigenvalue weighted by Crippen LogP contribution is -2.34. The molecule has 0 saturated heterocycles. The predicted molar refractivity (Wildman–Crippen MR) is 131 cm³/mol. The second-order valence-corrected chi connectivity index (χ2v) is 8.49. The van der Waals surface area contributed by atoms with Crippen molar-refractivity contribution in [2.24, 2.45) is 5.92 Å². The van der Waals surface area contributed by atoms with Crippen molar-refractivity contribution in [3.8, 4) is 11.5 Å². The first kappa shape index (κ1) is 24.2. The van der Waals surface area contributed by atoms with Gasteiger partial charge < -0.3 is 14.6 Å². The zero-order valence-electron chi connectivity index (χ0n) is 19.7. The van der Waals surface area contributed by atoms with Crippen molar-refractivity contribution in [3.63, 3.8) is 0 Å². The van der Waals surface area contributed by atoms with Gasteiger partial charge in [-0.3, -0.25) is 14.3 Å². The van der Waals surface area contributed by atoms with E-state index in [0.29, 0.717) is 42.0 Å². The van der Waals surface area contributed by atoms with Gasteiger partial charge in [0, 0.05) is 19.0 Å². The van der Waals surface area contributed by atoms with Gasteiger partial charge in [-0.05, 0) is 36.1 Å². The van der Waals surface area contributed by atoms with Gasteiger partial charge in [0.15, 0.2) is 11.6 Å². The number of carboxylic acid groups (broad SMARTS) is 1. The number of nitrogens with zero attached hydrogens (tertiary/aromatic N) is 2. The van der Waals surface area contributed by atoms with Crippen LogP contribution in [0.3, 0.4) is 0 Å². The third kappa shape index (κ3) is 5.66. The maximum atomic E-state index is 13.4. The maximum absolute atomic E-state index is 13.4. The van der Waals surface area contributed by atoms with Crippen LogP contribution in [0, 0.1) is 5.92 Å². The number of aromatic nitrogens is 1. The van der Waals surface area contributed by atoms with Crippen molar-refractivity contribution < 1.29 is 19.4 Å². The first-order valence-electron chi connectivity index (χ1n) is 11.3. The Labute approximate surface area is 194 Å². The van der Waals surface area contributed by atoms with Crippen LogP contribution in [0.25, 0.3) is 10.8 Å². The summed E-state index contributed by atoms with van der Waals surface area (Å²) in [6, 6.07) is 15.1. The van der Waals surface area contributed by atoms with Gasteiger partial charge in [0.25, 0.3) is 5.56 Å². The van der Waals surface area contributed by atoms with E-state index in [1.807, 2.05) is 44.2 Å². The third-order valence-electron chi connectivity index (χ3n) is 5.31. The molecule has 0 fully saturated rings. The Morgan fingerprint density at radius 1 is 1.09 bits per heavy atom. The van der Waals surface area contributed by atoms with E-state index in [2.05, 4.69) is 6.92 Å². The summed E-state index contributed by atoms with van der Waals surface area (Å²) in [5, 5.41) is 10.8. The third-order valence-corrected chi connectivity index (χ3v) is 5.31. The van der Waals surface area contributed by atoms with Crippen molar-refractivity contribution in [1.29, 1.82) is 0 Å². The zero-order chi connectivity index (χ0) is 24.0. The van der Waals surface area contributed by atoms with Crippen molar-refractivity contribution >= 4 is 22.7 Å². The van der Waals surface area contributed by atoms with Crippen LogP contribution in [0.4, 0.5) is 10.6 Å². The van der Waals surface area contributed by atoms with E-state index in [1.165, 1.54) is 11.6 Å². The Morgan fingerprint density at radius 3 is 2.45 bits per heavy atom. The van der Waals surface area contributed by atoms with Gasteiger partial charge in [0.1, 0.15) is 12.4 Å². The summed E-state index contributed by atoms with van der Waals surface area (Å²) in [5.74, 6) is 1.34. The van der Waals surface area contributed by atoms with Crippen molar-refractivity contribution in [2.45, 2.75) is 46.8 Å². The van der Waals surface area contributed by atoms with Crippen molar-refractivity contribution in [2.75, 3.05) is 18.6 Å². The molecule has 0 spiro atoms. The highest BCUT2D eigenvalue weighted by Crippen LogP contribution is 2.37. The first-order valence-corrected chi connectivity index (χ1v) is 11.3. The van der Waals surface area contributed by atoms with Gasteiger partial charge in [0.2, 0.25) is 0 Å². The molecule has 0 bridgehead atoms. The fourth-order valence-electron chi connectivity index (χ4n) is 3.63. The van der Waals surface area contributed by atoms with Crippen LogP contribution >= 0.6 is 0 Å². The average molecular weight is 453 g/mol. The fourth-order valence-corrected chi connectivity index (χ4v) is 3.63. The van der Waals surface area contributed by atoms with Crippen LogP contribution < -0.4 is 19.9 Å². The minimum atomic E-state index is -1.16. The predicted octanol–water partition coefficient (Wildman–Crippen LogP) is 5.53. The monoisotopic (exact) mass is 452 g/mol. The largest absolute Gasteiger partial charge is 0.489 e. The molecule has 0 atom stereocenters. The van der Waals surface area contributed by atoms with Gasteiger partial charge in [-0.2, -0.15) is 0 Å². The highest BCUT2D eigenvalue weighted by atomic mass is 16.5. The van der Waals surface area contributed by atoms with Crippen LogP contribution in [0.5, 0.6) is 11.5 Å². The normalized spacial score (nSPS) is 11.1. The molecule has 0 aliphatic heterocycles. The van der Waals surface area contributed by atoms with Gasteiger partial charge in [0.05, 0.1) is 12.0 Å². The van der Waals surface area contributed by atoms with E-state index in [-0.39, 0.29) is 17.3 Å². The molecule has 33 heavy (non-hydrogen) atoms. The summed E-state index contributed by atoms with van der Waals surface area (Å²) in [5.41, 5.74) is 0.773. The maximum Gasteiger partial charge on any atom is 0.412 e. The molecule has 3 aromatic rings. The molecule has 1 N–H and O–H groups in total. The number of fused-ring (bicyclic) bond motifs is 1. The molecule has 1 aromatic heterocycles. The molecule has 3 rings (SSSR count). The molecule has 1 heterocycles. The highest BCUT2D eigenvalue weighted by molar-refractivity contribution is 5.97. The Bertz CT molecular complexity index is 1150. The molecule has 7 heteroatoms. The summed E-state index contributed by atoms with van der Waals surface area (Å²) in [6.07, 6.45) is 0.577. The number of hydrogen-bond acceptors (Lipinski definition) is 4. The number of amides is 1. The molecule has 2 aromatic carbocycles. The zero-order valence-corrected chi connectivity index (χ0v) is 19.7. The topological polar surface area (TPSA) is 81.0 Å². The van der Waals surface area contributed by atoms with Crippen LogP contribution in [0.1, 0.15) is 39.2 Å². The van der Waals surface area contributed by atoms with E-state index in [0.717, 1.165) is 23.3 Å². The van der Waals surface area contributed by atoms with E-state index in [4.69, 9.17) is 9.47 Å². The quantitative estimate of drug-likeness (QED) is 0.409. The lowest BCUT2D eigenvalue weighted by atomic mass is 10.1. The first-order chi connectivity index (χ1) is 15.8. The second kappa shape index (κ2) is 10.9. The van der Waals surface area contributed by atoms with E-state index in [9.17, 15) is 14.7 Å². The number of ether oxygens (including phenoxy) is 2. The summed E-state index contributed by atoms with van der Waals surface area (Å²) in [6.45, 7) is 7.20.